The number of morpholine rings is 1. The number of ether oxygens (including phenoxy) is 2. The Morgan fingerprint density at radius 3 is 2.88 bits per heavy atom. The number of anilines is 1. The van der Waals surface area contributed by atoms with Gasteiger partial charge in [-0.3, -0.25) is 0 Å². The third-order valence-electron chi connectivity index (χ3n) is 4.32. The van der Waals surface area contributed by atoms with Crippen molar-refractivity contribution in [2.45, 2.75) is 33.7 Å². The van der Waals surface area contributed by atoms with Crippen LogP contribution in [0.1, 0.15) is 38.1 Å². The van der Waals surface area contributed by atoms with E-state index in [1.54, 1.807) is 19.1 Å². The van der Waals surface area contributed by atoms with Crippen LogP contribution in [0.3, 0.4) is 0 Å². The molecule has 0 spiro atoms. The van der Waals surface area contributed by atoms with Gasteiger partial charge in [0.1, 0.15) is 5.52 Å². The summed E-state index contributed by atoms with van der Waals surface area (Å²) in [4.78, 5) is 18.9. The molecule has 1 aliphatic heterocycles. The molecule has 1 aliphatic rings. The second-order valence-electron chi connectivity index (χ2n) is 7.17. The van der Waals surface area contributed by atoms with Crippen molar-refractivity contribution in [1.82, 2.24) is 4.98 Å². The van der Waals surface area contributed by atoms with Gasteiger partial charge >= 0.3 is 5.97 Å². The van der Waals surface area contributed by atoms with Crippen molar-refractivity contribution in [2.24, 2.45) is 5.41 Å². The van der Waals surface area contributed by atoms with E-state index in [2.05, 4.69) is 30.7 Å². The predicted molar refractivity (Wildman–Crippen MR) is 96.4 cm³/mol. The number of carbonyl (C=O) groups is 1. The van der Waals surface area contributed by atoms with Gasteiger partial charge in [-0.25, -0.2) is 4.79 Å². The highest BCUT2D eigenvalue weighted by Gasteiger charge is 2.36. The Bertz CT molecular complexity index is 781. The second-order valence-corrected chi connectivity index (χ2v) is 7.60. The molecule has 0 saturated carbocycles. The standard InChI is InChI=1S/C18H23ClN2O4/c1-5-24-16(22)12-8-11(19)9-13-15(12)20-17(25-13)21-6-7-23-10-14(21)18(2,3)4/h8-9,14H,5-7,10H2,1-4H3/t14-/m1/s1. The molecule has 1 fully saturated rings. The zero-order chi connectivity index (χ0) is 18.2. The first-order valence-electron chi connectivity index (χ1n) is 8.43. The summed E-state index contributed by atoms with van der Waals surface area (Å²) in [6, 6.07) is 3.83. The van der Waals surface area contributed by atoms with Crippen LogP contribution >= 0.6 is 11.6 Å². The van der Waals surface area contributed by atoms with Crippen LogP contribution in [0.25, 0.3) is 11.1 Å². The Morgan fingerprint density at radius 2 is 2.20 bits per heavy atom. The number of hydrogen-bond donors (Lipinski definition) is 0. The van der Waals surface area contributed by atoms with Crippen LogP contribution in [0, 0.1) is 5.41 Å². The topological polar surface area (TPSA) is 64.8 Å². The van der Waals surface area contributed by atoms with Gasteiger partial charge < -0.3 is 18.8 Å². The van der Waals surface area contributed by atoms with Crippen LogP contribution in [0.5, 0.6) is 0 Å². The largest absolute Gasteiger partial charge is 0.462 e. The van der Waals surface area contributed by atoms with Gasteiger partial charge in [-0.05, 0) is 18.4 Å². The van der Waals surface area contributed by atoms with E-state index < -0.39 is 5.97 Å². The van der Waals surface area contributed by atoms with E-state index in [1.165, 1.54) is 0 Å². The van der Waals surface area contributed by atoms with E-state index in [0.717, 1.165) is 0 Å². The summed E-state index contributed by atoms with van der Waals surface area (Å²) >= 11 is 6.14. The average molecular weight is 367 g/mol. The van der Waals surface area contributed by atoms with Gasteiger partial charge in [0.05, 0.1) is 31.4 Å². The Hall–Kier alpha value is -1.79. The number of fused-ring (bicyclic) bond motifs is 1. The van der Waals surface area contributed by atoms with Crippen molar-refractivity contribution in [3.8, 4) is 0 Å². The summed E-state index contributed by atoms with van der Waals surface area (Å²) in [6.07, 6.45) is 0. The van der Waals surface area contributed by atoms with Crippen molar-refractivity contribution in [2.75, 3.05) is 31.3 Å². The van der Waals surface area contributed by atoms with E-state index >= 15 is 0 Å². The predicted octanol–water partition coefficient (Wildman–Crippen LogP) is 3.91. The van der Waals surface area contributed by atoms with Gasteiger partial charge in [-0.15, -0.1) is 0 Å². The monoisotopic (exact) mass is 366 g/mol. The molecule has 7 heteroatoms. The number of oxazole rings is 1. The molecule has 3 rings (SSSR count). The quantitative estimate of drug-likeness (QED) is 0.767. The molecule has 0 unspecified atom stereocenters. The molecular formula is C18H23ClN2O4. The molecule has 25 heavy (non-hydrogen) atoms. The zero-order valence-corrected chi connectivity index (χ0v) is 15.7. The number of carbonyl (C=O) groups excluding carboxylic acids is 1. The van der Waals surface area contributed by atoms with Crippen molar-refractivity contribution < 1.29 is 18.7 Å². The fourth-order valence-corrected chi connectivity index (χ4v) is 3.23. The number of esters is 1. The van der Waals surface area contributed by atoms with Crippen molar-refractivity contribution in [1.29, 1.82) is 0 Å². The summed E-state index contributed by atoms with van der Waals surface area (Å²) in [5.41, 5.74) is 1.25. The Morgan fingerprint density at radius 1 is 1.44 bits per heavy atom. The van der Waals surface area contributed by atoms with Crippen LogP contribution in [-0.4, -0.2) is 43.4 Å². The van der Waals surface area contributed by atoms with Gasteiger partial charge in [0.15, 0.2) is 5.58 Å². The number of nitrogens with zero attached hydrogens (tertiary/aromatic N) is 2. The fraction of sp³-hybridized carbons (Fsp3) is 0.556. The van der Waals surface area contributed by atoms with Crippen LogP contribution in [-0.2, 0) is 9.47 Å². The normalized spacial score (nSPS) is 18.6. The van der Waals surface area contributed by atoms with Crippen molar-refractivity contribution in [3.05, 3.63) is 22.7 Å². The van der Waals surface area contributed by atoms with Gasteiger partial charge in [0.25, 0.3) is 6.01 Å². The Labute approximate surface area is 152 Å². The number of halogens is 1. The lowest BCUT2D eigenvalue weighted by molar-refractivity contribution is 0.0527. The highest BCUT2D eigenvalue weighted by atomic mass is 35.5. The minimum absolute atomic E-state index is 0.0112. The molecule has 1 atom stereocenters. The highest BCUT2D eigenvalue weighted by molar-refractivity contribution is 6.31. The smallest absolute Gasteiger partial charge is 0.340 e. The third-order valence-corrected chi connectivity index (χ3v) is 4.54. The minimum Gasteiger partial charge on any atom is -0.462 e. The lowest BCUT2D eigenvalue weighted by Crippen LogP contribution is -2.52. The SMILES string of the molecule is CCOC(=O)c1cc(Cl)cc2oc(N3CCOC[C@@H]3C(C)(C)C)nc12. The van der Waals surface area contributed by atoms with Crippen molar-refractivity contribution in [3.63, 3.8) is 0 Å². The average Bonchev–Trinajstić information content (AvgIpc) is 2.97. The molecular weight excluding hydrogens is 344 g/mol. The fourth-order valence-electron chi connectivity index (χ4n) is 3.02. The molecule has 1 aromatic heterocycles. The summed E-state index contributed by atoms with van der Waals surface area (Å²) in [7, 11) is 0. The van der Waals surface area contributed by atoms with Gasteiger partial charge in [-0.2, -0.15) is 4.98 Å². The number of aromatic nitrogens is 1. The number of rotatable bonds is 3. The summed E-state index contributed by atoms with van der Waals surface area (Å²) in [6.45, 7) is 10.4. The molecule has 1 aromatic carbocycles. The van der Waals surface area contributed by atoms with Crippen LogP contribution in [0.15, 0.2) is 16.5 Å². The molecule has 0 amide bonds. The van der Waals surface area contributed by atoms with Crippen LogP contribution < -0.4 is 4.90 Å². The first-order chi connectivity index (χ1) is 11.8. The van der Waals surface area contributed by atoms with Gasteiger partial charge in [-0.1, -0.05) is 32.4 Å². The molecule has 0 N–H and O–H groups in total. The molecule has 0 aliphatic carbocycles. The minimum atomic E-state index is -0.454. The van der Waals surface area contributed by atoms with E-state index in [9.17, 15) is 4.79 Å². The summed E-state index contributed by atoms with van der Waals surface area (Å²) < 4.78 is 16.7. The number of hydrogen-bond acceptors (Lipinski definition) is 6. The first-order valence-corrected chi connectivity index (χ1v) is 8.80. The first kappa shape index (κ1) is 18.0. The third kappa shape index (κ3) is 3.60. The summed E-state index contributed by atoms with van der Waals surface area (Å²) in [5.74, 6) is -0.454. The van der Waals surface area contributed by atoms with Crippen LogP contribution in [0.4, 0.5) is 6.01 Å². The lowest BCUT2D eigenvalue weighted by Gasteiger charge is -2.42. The van der Waals surface area contributed by atoms with E-state index in [4.69, 9.17) is 25.5 Å². The van der Waals surface area contributed by atoms with Crippen molar-refractivity contribution >= 4 is 34.7 Å². The van der Waals surface area contributed by atoms with E-state index in [-0.39, 0.29) is 18.1 Å². The maximum atomic E-state index is 12.2. The lowest BCUT2D eigenvalue weighted by atomic mass is 9.85. The van der Waals surface area contributed by atoms with Gasteiger partial charge in [0, 0.05) is 17.6 Å². The Balaban J connectivity index is 2.06. The molecule has 2 heterocycles. The summed E-state index contributed by atoms with van der Waals surface area (Å²) in [5, 5.41) is 0.410. The molecule has 136 valence electrons. The number of benzene rings is 1. The second kappa shape index (κ2) is 6.84. The maximum absolute atomic E-state index is 12.2. The molecule has 2 aromatic rings. The van der Waals surface area contributed by atoms with E-state index in [0.29, 0.717) is 47.5 Å². The molecule has 0 radical (unpaired) electrons. The molecule has 1 saturated heterocycles. The maximum Gasteiger partial charge on any atom is 0.340 e. The molecule has 6 nitrogen and oxygen atoms in total. The molecule has 0 bridgehead atoms. The van der Waals surface area contributed by atoms with Crippen LogP contribution in [0.2, 0.25) is 5.02 Å². The highest BCUT2D eigenvalue weighted by Crippen LogP contribution is 2.34. The zero-order valence-electron chi connectivity index (χ0n) is 15.0. The Kier molecular flexibility index (Phi) is 4.93. The van der Waals surface area contributed by atoms with E-state index in [1.807, 2.05) is 0 Å². The van der Waals surface area contributed by atoms with Gasteiger partial charge in [0.2, 0.25) is 0 Å².